The van der Waals surface area contributed by atoms with Crippen molar-refractivity contribution in [2.45, 2.75) is 37.6 Å². The van der Waals surface area contributed by atoms with Gasteiger partial charge in [-0.2, -0.15) is 0 Å². The van der Waals surface area contributed by atoms with Crippen LogP contribution in [0.1, 0.15) is 42.6 Å². The van der Waals surface area contributed by atoms with E-state index in [9.17, 15) is 4.79 Å². The summed E-state index contributed by atoms with van der Waals surface area (Å²) in [6, 6.07) is 15.7. The highest BCUT2D eigenvalue weighted by molar-refractivity contribution is 7.98. The van der Waals surface area contributed by atoms with Gasteiger partial charge in [0.1, 0.15) is 0 Å². The van der Waals surface area contributed by atoms with Crippen LogP contribution in [0.2, 0.25) is 0 Å². The van der Waals surface area contributed by atoms with Gasteiger partial charge in [-0.05, 0) is 41.5 Å². The number of carbonyl (C=O) groups is 1. The summed E-state index contributed by atoms with van der Waals surface area (Å²) >= 11 is 1.55. The van der Waals surface area contributed by atoms with Crippen molar-refractivity contribution in [2.75, 3.05) is 13.3 Å². The van der Waals surface area contributed by atoms with Gasteiger partial charge < -0.3 is 9.32 Å². The minimum atomic E-state index is -0.0702. The second-order valence-corrected chi connectivity index (χ2v) is 8.54. The van der Waals surface area contributed by atoms with Crippen LogP contribution >= 0.6 is 11.8 Å². The zero-order valence-electron chi connectivity index (χ0n) is 16.9. The van der Waals surface area contributed by atoms with Crippen LogP contribution in [-0.2, 0) is 12.0 Å². The molecular weight excluding hydrogens is 370 g/mol. The maximum atomic E-state index is 12.8. The van der Waals surface area contributed by atoms with E-state index in [-0.39, 0.29) is 17.9 Å². The molecule has 0 unspecified atom stereocenters. The molecule has 0 aliphatic rings. The van der Waals surface area contributed by atoms with Crippen LogP contribution in [0.4, 0.5) is 0 Å². The Morgan fingerprint density at radius 2 is 1.75 bits per heavy atom. The molecule has 0 atom stereocenters. The molecule has 1 aromatic heterocycles. The van der Waals surface area contributed by atoms with Crippen molar-refractivity contribution in [2.24, 2.45) is 0 Å². The highest BCUT2D eigenvalue weighted by atomic mass is 32.2. The molecule has 0 bridgehead atoms. The van der Waals surface area contributed by atoms with Gasteiger partial charge in [-0.25, -0.2) is 0 Å². The number of hydrogen-bond acceptors (Lipinski definition) is 5. The molecule has 0 saturated carbocycles. The van der Waals surface area contributed by atoms with E-state index >= 15 is 0 Å². The normalized spacial score (nSPS) is 11.5. The number of thioether (sulfide) groups is 1. The van der Waals surface area contributed by atoms with Gasteiger partial charge in [0, 0.05) is 17.5 Å². The van der Waals surface area contributed by atoms with Gasteiger partial charge in [0.25, 0.3) is 5.91 Å². The molecule has 0 aliphatic heterocycles. The van der Waals surface area contributed by atoms with E-state index in [1.807, 2.05) is 42.7 Å². The first-order valence-electron chi connectivity index (χ1n) is 9.11. The standard InChI is InChI=1S/C22H25N3O2S/c1-22(2,3)16-12-10-15(11-13-16)20-24-23-19(27-20)14-25(4)21(26)17-8-6-7-9-18(17)28-5/h6-13H,14H2,1-5H3. The minimum Gasteiger partial charge on any atom is -0.419 e. The lowest BCUT2D eigenvalue weighted by Crippen LogP contribution is -2.26. The topological polar surface area (TPSA) is 59.2 Å². The Kier molecular flexibility index (Phi) is 5.89. The van der Waals surface area contributed by atoms with Crippen molar-refractivity contribution in [1.29, 1.82) is 0 Å². The Hall–Kier alpha value is -2.60. The fourth-order valence-electron chi connectivity index (χ4n) is 2.85. The van der Waals surface area contributed by atoms with Crippen molar-refractivity contribution in [1.82, 2.24) is 15.1 Å². The monoisotopic (exact) mass is 395 g/mol. The Morgan fingerprint density at radius 3 is 2.39 bits per heavy atom. The van der Waals surface area contributed by atoms with Crippen molar-refractivity contribution < 1.29 is 9.21 Å². The molecule has 1 heterocycles. The third-order valence-electron chi connectivity index (χ3n) is 4.52. The van der Waals surface area contributed by atoms with Crippen molar-refractivity contribution in [3.8, 4) is 11.5 Å². The quantitative estimate of drug-likeness (QED) is 0.567. The highest BCUT2D eigenvalue weighted by Crippen LogP contribution is 2.26. The Balaban J connectivity index is 1.73. The molecule has 28 heavy (non-hydrogen) atoms. The molecule has 1 amide bonds. The fourth-order valence-corrected chi connectivity index (χ4v) is 3.44. The first kappa shape index (κ1) is 20.1. The maximum absolute atomic E-state index is 12.8. The summed E-state index contributed by atoms with van der Waals surface area (Å²) in [4.78, 5) is 15.3. The van der Waals surface area contributed by atoms with Crippen LogP contribution < -0.4 is 0 Å². The summed E-state index contributed by atoms with van der Waals surface area (Å²) in [5, 5.41) is 8.25. The lowest BCUT2D eigenvalue weighted by molar-refractivity contribution is 0.0769. The van der Waals surface area contributed by atoms with E-state index in [1.165, 1.54) is 5.56 Å². The number of benzene rings is 2. The maximum Gasteiger partial charge on any atom is 0.255 e. The van der Waals surface area contributed by atoms with Gasteiger partial charge >= 0.3 is 0 Å². The molecule has 5 nitrogen and oxygen atoms in total. The van der Waals surface area contributed by atoms with E-state index in [2.05, 4.69) is 43.1 Å². The molecule has 0 radical (unpaired) electrons. The lowest BCUT2D eigenvalue weighted by atomic mass is 9.87. The number of nitrogens with zero attached hydrogens (tertiary/aromatic N) is 3. The molecule has 0 saturated heterocycles. The van der Waals surface area contributed by atoms with Crippen LogP contribution in [0, 0.1) is 0 Å². The summed E-state index contributed by atoms with van der Waals surface area (Å²) < 4.78 is 5.79. The van der Waals surface area contributed by atoms with E-state index < -0.39 is 0 Å². The van der Waals surface area contributed by atoms with Crippen LogP contribution in [0.3, 0.4) is 0 Å². The number of hydrogen-bond donors (Lipinski definition) is 0. The molecule has 0 fully saturated rings. The molecule has 2 aromatic carbocycles. The minimum absolute atomic E-state index is 0.0702. The second kappa shape index (κ2) is 8.19. The Labute approximate surface area is 170 Å². The van der Waals surface area contributed by atoms with Gasteiger partial charge in [-0.3, -0.25) is 4.79 Å². The predicted octanol–water partition coefficient (Wildman–Crippen LogP) is 5.03. The average molecular weight is 396 g/mol. The van der Waals surface area contributed by atoms with E-state index in [4.69, 9.17) is 4.42 Å². The Morgan fingerprint density at radius 1 is 1.07 bits per heavy atom. The molecule has 3 rings (SSSR count). The van der Waals surface area contributed by atoms with Crippen molar-refractivity contribution >= 4 is 17.7 Å². The highest BCUT2D eigenvalue weighted by Gasteiger charge is 2.19. The van der Waals surface area contributed by atoms with E-state index in [1.54, 1.807) is 23.7 Å². The lowest BCUT2D eigenvalue weighted by Gasteiger charge is -2.18. The summed E-state index contributed by atoms with van der Waals surface area (Å²) in [6.07, 6.45) is 1.96. The summed E-state index contributed by atoms with van der Waals surface area (Å²) in [6.45, 7) is 6.78. The van der Waals surface area contributed by atoms with Crippen molar-refractivity contribution in [3.05, 3.63) is 65.5 Å². The van der Waals surface area contributed by atoms with Crippen molar-refractivity contribution in [3.63, 3.8) is 0 Å². The molecule has 0 spiro atoms. The molecule has 146 valence electrons. The third-order valence-corrected chi connectivity index (χ3v) is 5.32. The number of aromatic nitrogens is 2. The smallest absolute Gasteiger partial charge is 0.255 e. The van der Waals surface area contributed by atoms with E-state index in [0.29, 0.717) is 17.3 Å². The Bertz CT molecular complexity index is 958. The first-order valence-corrected chi connectivity index (χ1v) is 10.3. The molecular formula is C22H25N3O2S. The van der Waals surface area contributed by atoms with Gasteiger partial charge in [-0.15, -0.1) is 22.0 Å². The average Bonchev–Trinajstić information content (AvgIpc) is 3.15. The van der Waals surface area contributed by atoms with Crippen LogP contribution in [0.5, 0.6) is 0 Å². The molecule has 0 N–H and O–H groups in total. The van der Waals surface area contributed by atoms with E-state index in [0.717, 1.165) is 10.5 Å². The van der Waals surface area contributed by atoms with Crippen LogP contribution in [0.25, 0.3) is 11.5 Å². The van der Waals surface area contributed by atoms with Gasteiger partial charge in [0.05, 0.1) is 12.1 Å². The number of rotatable bonds is 5. The molecule has 3 aromatic rings. The zero-order chi connectivity index (χ0) is 20.3. The summed E-state index contributed by atoms with van der Waals surface area (Å²) in [5.74, 6) is 0.799. The van der Waals surface area contributed by atoms with Crippen LogP contribution in [0.15, 0.2) is 57.8 Å². The molecule has 6 heteroatoms. The predicted molar refractivity (Wildman–Crippen MR) is 112 cm³/mol. The number of carbonyl (C=O) groups excluding carboxylic acids is 1. The number of amides is 1. The molecule has 0 aliphatic carbocycles. The zero-order valence-corrected chi connectivity index (χ0v) is 17.7. The third kappa shape index (κ3) is 4.44. The van der Waals surface area contributed by atoms with Gasteiger partial charge in [0.2, 0.25) is 11.8 Å². The second-order valence-electron chi connectivity index (χ2n) is 7.69. The first-order chi connectivity index (χ1) is 13.3. The summed E-state index contributed by atoms with van der Waals surface area (Å²) in [7, 11) is 1.74. The fraction of sp³-hybridized carbons (Fsp3) is 0.318. The van der Waals surface area contributed by atoms with Gasteiger partial charge in [0.15, 0.2) is 0 Å². The summed E-state index contributed by atoms with van der Waals surface area (Å²) in [5.41, 5.74) is 2.88. The van der Waals surface area contributed by atoms with Gasteiger partial charge in [-0.1, -0.05) is 45.0 Å². The SMILES string of the molecule is CSc1ccccc1C(=O)N(C)Cc1nnc(-c2ccc(C(C)(C)C)cc2)o1. The van der Waals surface area contributed by atoms with Crippen LogP contribution in [-0.4, -0.2) is 34.3 Å². The largest absolute Gasteiger partial charge is 0.419 e.